The van der Waals surface area contributed by atoms with Crippen LogP contribution in [0.3, 0.4) is 0 Å². The summed E-state index contributed by atoms with van der Waals surface area (Å²) in [5.41, 5.74) is 3.80. The Kier molecular flexibility index (Phi) is 7.91. The number of aryl methyl sites for hydroxylation is 3. The van der Waals surface area contributed by atoms with E-state index in [0.29, 0.717) is 0 Å². The van der Waals surface area contributed by atoms with Crippen LogP contribution in [0.4, 0.5) is 0 Å². The topological polar surface area (TPSA) is 0 Å². The van der Waals surface area contributed by atoms with E-state index >= 15 is 0 Å². The normalized spacial score (nSPS) is 7.91. The first-order chi connectivity index (χ1) is 4.20. The van der Waals surface area contributed by atoms with Crippen LogP contribution in [0.5, 0.6) is 0 Å². The molecule has 0 heterocycles. The molecular weight excluding hydrogens is 476 g/mol. The van der Waals surface area contributed by atoms with Crippen LogP contribution in [0, 0.1) is 26.8 Å². The van der Waals surface area contributed by atoms with Gasteiger partial charge in [-0.1, -0.05) is 20.8 Å². The summed E-state index contributed by atoms with van der Waals surface area (Å²) in [4.78, 5) is 0. The Balaban J connectivity index is 0. The van der Waals surface area contributed by atoms with E-state index in [1.165, 1.54) is 16.7 Å². The van der Waals surface area contributed by atoms with E-state index < -0.39 is 0 Å². The molecule has 0 unspecified atom stereocenters. The Bertz CT molecular complexity index is 219. The molecule has 2 heteroatoms. The summed E-state index contributed by atoms with van der Waals surface area (Å²) in [6, 6.07) is 7.45. The minimum atomic E-state index is 0. The van der Waals surface area contributed by atoms with E-state index in [1.807, 2.05) is 0 Å². The molecule has 0 saturated carbocycles. The minimum absolute atomic E-state index is 0. The first-order valence-electron chi connectivity index (χ1n) is 3.16. The minimum Gasteiger partial charge on any atom is -0.177 e. The molecule has 60 valence electrons. The van der Waals surface area contributed by atoms with E-state index in [9.17, 15) is 0 Å². The van der Waals surface area contributed by atoms with Crippen molar-refractivity contribution in [1.82, 2.24) is 0 Å². The fourth-order valence-electron chi connectivity index (χ4n) is 0.811. The van der Waals surface area contributed by atoms with E-state index in [0.717, 1.165) is 0 Å². The summed E-state index contributed by atoms with van der Waals surface area (Å²) in [6.07, 6.45) is 0. The molecule has 0 fully saturated rings. The Hall–Kier alpha value is 0.597. The summed E-state index contributed by atoms with van der Waals surface area (Å²) in [5, 5.41) is 0. The van der Waals surface area contributed by atoms with Gasteiger partial charge in [0.25, 0.3) is 0 Å². The zero-order chi connectivity index (χ0) is 6.85. The zero-order valence-corrected chi connectivity index (χ0v) is 12.8. The third-order valence-electron chi connectivity index (χ3n) is 1.56. The second-order valence-electron chi connectivity index (χ2n) is 2.45. The van der Waals surface area contributed by atoms with Crippen LogP contribution in [0.25, 0.3) is 0 Å². The summed E-state index contributed by atoms with van der Waals surface area (Å²) >= 11 is 0. The van der Waals surface area contributed by atoms with E-state index in [-0.39, 0.29) is 42.1 Å². The van der Waals surface area contributed by atoms with Crippen molar-refractivity contribution < 1.29 is 42.1 Å². The fourth-order valence-corrected chi connectivity index (χ4v) is 0.811. The van der Waals surface area contributed by atoms with Gasteiger partial charge >= 0.3 is 0 Å². The summed E-state index contributed by atoms with van der Waals surface area (Å²) < 4.78 is 0. The molecule has 0 aliphatic carbocycles. The van der Waals surface area contributed by atoms with E-state index in [4.69, 9.17) is 0 Å². The van der Waals surface area contributed by atoms with Crippen molar-refractivity contribution in [3.8, 4) is 0 Å². The van der Waals surface area contributed by atoms with Gasteiger partial charge in [-0.25, -0.2) is 0 Å². The van der Waals surface area contributed by atoms with Gasteiger partial charge in [-0.05, 0) is 0 Å². The first kappa shape index (κ1) is 14.1. The van der Waals surface area contributed by atoms with Crippen LogP contribution in [0.15, 0.2) is 12.1 Å². The molecule has 0 N–H and O–H groups in total. The molecule has 1 aromatic carbocycles. The molecule has 0 aliphatic rings. The quantitative estimate of drug-likeness (QED) is 0.494. The second-order valence-corrected chi connectivity index (χ2v) is 2.45. The zero-order valence-electron chi connectivity index (χ0n) is 6.97. The van der Waals surface area contributed by atoms with Gasteiger partial charge in [-0.2, -0.15) is 34.9 Å². The third-order valence-corrected chi connectivity index (χ3v) is 1.56. The largest absolute Gasteiger partial charge is 0.177 e. The van der Waals surface area contributed by atoms with Crippen LogP contribution in [-0.4, -0.2) is 0 Å². The monoisotopic (exact) mass is 487 g/mol. The van der Waals surface area contributed by atoms with Gasteiger partial charge in [-0.15, -0.1) is 0 Å². The number of rotatable bonds is 0. The molecule has 0 spiro atoms. The first-order valence-corrected chi connectivity index (χ1v) is 3.16. The van der Waals surface area contributed by atoms with Crippen LogP contribution >= 0.6 is 0 Å². The van der Waals surface area contributed by atoms with Gasteiger partial charge in [0.15, 0.2) is 0 Å². The molecular formula is C9H11W2-. The molecule has 0 bridgehead atoms. The number of hydrogen-bond donors (Lipinski definition) is 0. The molecule has 0 amide bonds. The molecule has 0 aliphatic heterocycles. The average Bonchev–Trinajstić information content (AvgIpc) is 1.80. The molecule has 1 rings (SSSR count). The summed E-state index contributed by atoms with van der Waals surface area (Å²) in [6.45, 7) is 6.25. The maximum atomic E-state index is 3.24. The van der Waals surface area contributed by atoms with Crippen LogP contribution in [0.2, 0.25) is 0 Å². The van der Waals surface area contributed by atoms with Crippen molar-refractivity contribution in [2.45, 2.75) is 20.8 Å². The Morgan fingerprint density at radius 2 is 1.55 bits per heavy atom. The number of hydrogen-bond acceptors (Lipinski definition) is 0. The Morgan fingerprint density at radius 3 is 1.91 bits per heavy atom. The van der Waals surface area contributed by atoms with Gasteiger partial charge in [0.1, 0.15) is 0 Å². The maximum absolute atomic E-state index is 3.24. The molecule has 0 nitrogen and oxygen atoms in total. The predicted octanol–water partition coefficient (Wildman–Crippen LogP) is 2.41. The van der Waals surface area contributed by atoms with Gasteiger partial charge in [0.05, 0.1) is 0 Å². The molecule has 1 aromatic rings. The molecule has 0 atom stereocenters. The van der Waals surface area contributed by atoms with Gasteiger partial charge in [0.2, 0.25) is 0 Å². The van der Waals surface area contributed by atoms with Crippen molar-refractivity contribution in [3.05, 3.63) is 34.9 Å². The smallest absolute Gasteiger partial charge is 0 e. The van der Waals surface area contributed by atoms with Crippen LogP contribution in [-0.2, 0) is 42.1 Å². The molecule has 11 heavy (non-hydrogen) atoms. The predicted molar refractivity (Wildman–Crippen MR) is 39.5 cm³/mol. The third kappa shape index (κ3) is 4.24. The standard InChI is InChI=1S/C9H11.2W/c1-7-4-5-8(2)9(3)6-7;;/h4-5H,1-3H3;;/q-1;;. The number of benzene rings is 1. The van der Waals surface area contributed by atoms with Crippen LogP contribution in [0.1, 0.15) is 16.7 Å². The van der Waals surface area contributed by atoms with Gasteiger partial charge in [-0.3, -0.25) is 0 Å². The van der Waals surface area contributed by atoms with Gasteiger partial charge in [0, 0.05) is 42.1 Å². The van der Waals surface area contributed by atoms with E-state index in [2.05, 4.69) is 39.0 Å². The SMILES string of the molecule is Cc1[c-]c(C)c(C)cc1.[W].[W]. The Morgan fingerprint density at radius 1 is 1.00 bits per heavy atom. The van der Waals surface area contributed by atoms with Crippen molar-refractivity contribution in [2.75, 3.05) is 0 Å². The van der Waals surface area contributed by atoms with E-state index in [1.54, 1.807) is 0 Å². The van der Waals surface area contributed by atoms with Crippen molar-refractivity contribution >= 4 is 0 Å². The summed E-state index contributed by atoms with van der Waals surface area (Å²) in [5.74, 6) is 0. The average molecular weight is 487 g/mol. The van der Waals surface area contributed by atoms with Crippen molar-refractivity contribution in [1.29, 1.82) is 0 Å². The fraction of sp³-hybridized carbons (Fsp3) is 0.333. The van der Waals surface area contributed by atoms with Gasteiger partial charge < -0.3 is 0 Å². The summed E-state index contributed by atoms with van der Waals surface area (Å²) in [7, 11) is 0. The van der Waals surface area contributed by atoms with Crippen molar-refractivity contribution in [3.63, 3.8) is 0 Å². The van der Waals surface area contributed by atoms with Crippen LogP contribution < -0.4 is 0 Å². The molecule has 0 saturated heterocycles. The molecule has 0 radical (unpaired) electrons. The second kappa shape index (κ2) is 6.15. The maximum Gasteiger partial charge on any atom is 0 e. The molecule has 0 aromatic heterocycles. The Labute approximate surface area is 97.3 Å². The van der Waals surface area contributed by atoms with Crippen molar-refractivity contribution in [2.24, 2.45) is 0 Å².